The lowest BCUT2D eigenvalue weighted by Crippen LogP contribution is -2.45. The summed E-state index contributed by atoms with van der Waals surface area (Å²) in [6.45, 7) is 6.51. The average molecular weight is 312 g/mol. The maximum atomic E-state index is 12.0. The van der Waals surface area contributed by atoms with Crippen LogP contribution in [0.15, 0.2) is 0 Å². The molecule has 22 heavy (non-hydrogen) atoms. The summed E-state index contributed by atoms with van der Waals surface area (Å²) in [7, 11) is 0. The van der Waals surface area contributed by atoms with E-state index < -0.39 is 0 Å². The van der Waals surface area contributed by atoms with Crippen LogP contribution in [0.25, 0.3) is 0 Å². The molecular formula is C17H32N2O3. The van der Waals surface area contributed by atoms with E-state index in [1.165, 1.54) is 32.1 Å². The average Bonchev–Trinajstić information content (AvgIpc) is 2.54. The van der Waals surface area contributed by atoms with Crippen LogP contribution in [-0.4, -0.2) is 43.1 Å². The van der Waals surface area contributed by atoms with Crippen LogP contribution in [0.1, 0.15) is 65.2 Å². The molecule has 0 bridgehead atoms. The van der Waals surface area contributed by atoms with Gasteiger partial charge in [0.2, 0.25) is 0 Å². The zero-order valence-corrected chi connectivity index (χ0v) is 14.2. The number of nitrogens with one attached hydrogen (secondary N) is 1. The molecule has 0 unspecified atom stereocenters. The van der Waals surface area contributed by atoms with Gasteiger partial charge < -0.3 is 15.0 Å². The van der Waals surface area contributed by atoms with Gasteiger partial charge in [-0.1, -0.05) is 39.0 Å². The third-order valence-corrected chi connectivity index (χ3v) is 4.21. The third-order valence-electron chi connectivity index (χ3n) is 4.21. The smallest absolute Gasteiger partial charge is 0.317 e. The van der Waals surface area contributed by atoms with Crippen LogP contribution in [-0.2, 0) is 9.53 Å². The number of rotatable bonds is 9. The molecule has 5 heteroatoms. The largest absolute Gasteiger partial charge is 0.466 e. The molecule has 0 radical (unpaired) electrons. The van der Waals surface area contributed by atoms with Gasteiger partial charge in [0.05, 0.1) is 12.5 Å². The normalized spacial score (nSPS) is 15.6. The topological polar surface area (TPSA) is 58.6 Å². The van der Waals surface area contributed by atoms with E-state index in [-0.39, 0.29) is 17.9 Å². The van der Waals surface area contributed by atoms with Crippen molar-refractivity contribution in [2.45, 2.75) is 65.2 Å². The van der Waals surface area contributed by atoms with Crippen molar-refractivity contribution in [2.75, 3.05) is 26.2 Å². The molecule has 5 nitrogen and oxygen atoms in total. The minimum absolute atomic E-state index is 0.0101. The Bertz CT molecular complexity index is 326. The molecular weight excluding hydrogens is 280 g/mol. The molecule has 1 saturated heterocycles. The molecule has 0 atom stereocenters. The molecule has 0 spiro atoms. The van der Waals surface area contributed by atoms with Crippen LogP contribution in [0.4, 0.5) is 4.79 Å². The summed E-state index contributed by atoms with van der Waals surface area (Å²) >= 11 is 0. The molecule has 1 aliphatic heterocycles. The number of carbonyl (C=O) groups excluding carboxylic acids is 2. The standard InChI is InChI=1S/C17H32N2O3/c1-3-5-6-7-8-9-12-18-17(21)19-13-10-15(11-14-19)16(20)22-4-2/h15H,3-14H2,1-2H3,(H,18,21). The summed E-state index contributed by atoms with van der Waals surface area (Å²) in [5.74, 6) is -0.155. The molecule has 0 saturated carbocycles. The molecule has 1 aliphatic rings. The second-order valence-electron chi connectivity index (χ2n) is 6.01. The van der Waals surface area contributed by atoms with E-state index in [0.29, 0.717) is 32.5 Å². The molecule has 0 aromatic rings. The second-order valence-corrected chi connectivity index (χ2v) is 6.01. The highest BCUT2D eigenvalue weighted by Crippen LogP contribution is 2.18. The van der Waals surface area contributed by atoms with E-state index in [1.54, 1.807) is 0 Å². The fourth-order valence-corrected chi connectivity index (χ4v) is 2.79. The van der Waals surface area contributed by atoms with Crippen LogP contribution in [0, 0.1) is 5.92 Å². The van der Waals surface area contributed by atoms with Gasteiger partial charge in [0, 0.05) is 19.6 Å². The first-order valence-corrected chi connectivity index (χ1v) is 8.88. The third kappa shape index (κ3) is 7.14. The monoisotopic (exact) mass is 312 g/mol. The first kappa shape index (κ1) is 18.8. The van der Waals surface area contributed by atoms with Gasteiger partial charge in [0.15, 0.2) is 0 Å². The van der Waals surface area contributed by atoms with E-state index in [9.17, 15) is 9.59 Å². The number of ether oxygens (including phenoxy) is 1. The zero-order valence-electron chi connectivity index (χ0n) is 14.2. The van der Waals surface area contributed by atoms with Crippen molar-refractivity contribution in [3.8, 4) is 0 Å². The molecule has 0 aliphatic carbocycles. The van der Waals surface area contributed by atoms with Crippen LogP contribution in [0.2, 0.25) is 0 Å². The van der Waals surface area contributed by atoms with Crippen molar-refractivity contribution in [3.63, 3.8) is 0 Å². The Morgan fingerprint density at radius 1 is 1.05 bits per heavy atom. The quantitative estimate of drug-likeness (QED) is 0.525. The van der Waals surface area contributed by atoms with Crippen molar-refractivity contribution in [1.29, 1.82) is 0 Å². The Kier molecular flexibility index (Phi) is 9.67. The van der Waals surface area contributed by atoms with Gasteiger partial charge >= 0.3 is 12.0 Å². The number of nitrogens with zero attached hydrogens (tertiary/aromatic N) is 1. The zero-order chi connectivity index (χ0) is 16.2. The molecule has 0 aromatic heterocycles. The van der Waals surface area contributed by atoms with E-state index in [1.807, 2.05) is 11.8 Å². The summed E-state index contributed by atoms with van der Waals surface area (Å²) in [5, 5.41) is 2.98. The van der Waals surface area contributed by atoms with Crippen molar-refractivity contribution >= 4 is 12.0 Å². The summed E-state index contributed by atoms with van der Waals surface area (Å²) < 4.78 is 5.04. The summed E-state index contributed by atoms with van der Waals surface area (Å²) in [6, 6.07) is 0.0101. The first-order chi connectivity index (χ1) is 10.7. The van der Waals surface area contributed by atoms with Gasteiger partial charge in [-0.2, -0.15) is 0 Å². The Morgan fingerprint density at radius 2 is 1.68 bits per heavy atom. The van der Waals surface area contributed by atoms with Crippen molar-refractivity contribution in [3.05, 3.63) is 0 Å². The minimum Gasteiger partial charge on any atom is -0.466 e. The molecule has 1 N–H and O–H groups in total. The van der Waals surface area contributed by atoms with Crippen LogP contribution in [0.3, 0.4) is 0 Å². The molecule has 2 amide bonds. The number of urea groups is 1. The van der Waals surface area contributed by atoms with E-state index in [2.05, 4.69) is 12.2 Å². The number of carbonyl (C=O) groups is 2. The van der Waals surface area contributed by atoms with Gasteiger partial charge in [-0.05, 0) is 26.2 Å². The van der Waals surface area contributed by atoms with Gasteiger partial charge in [-0.3, -0.25) is 4.79 Å². The number of likely N-dealkylation sites (tertiary alicyclic amines) is 1. The van der Waals surface area contributed by atoms with E-state index >= 15 is 0 Å². The highest BCUT2D eigenvalue weighted by molar-refractivity contribution is 5.75. The lowest BCUT2D eigenvalue weighted by atomic mass is 9.97. The predicted molar refractivity (Wildman–Crippen MR) is 87.7 cm³/mol. The summed E-state index contributed by atoms with van der Waals surface area (Å²) in [5.41, 5.74) is 0. The lowest BCUT2D eigenvalue weighted by molar-refractivity contribution is -0.149. The van der Waals surface area contributed by atoms with Crippen LogP contribution >= 0.6 is 0 Å². The number of piperidine rings is 1. The lowest BCUT2D eigenvalue weighted by Gasteiger charge is -2.30. The Labute approximate surface area is 134 Å². The van der Waals surface area contributed by atoms with Crippen LogP contribution < -0.4 is 5.32 Å². The molecule has 1 heterocycles. The van der Waals surface area contributed by atoms with Gasteiger partial charge in [0.1, 0.15) is 0 Å². The van der Waals surface area contributed by atoms with Crippen molar-refractivity contribution in [2.24, 2.45) is 5.92 Å². The van der Waals surface area contributed by atoms with Gasteiger partial charge in [-0.15, -0.1) is 0 Å². The van der Waals surface area contributed by atoms with E-state index in [0.717, 1.165) is 13.0 Å². The number of amides is 2. The van der Waals surface area contributed by atoms with Gasteiger partial charge in [0.25, 0.3) is 0 Å². The molecule has 128 valence electrons. The van der Waals surface area contributed by atoms with Crippen molar-refractivity contribution < 1.29 is 14.3 Å². The maximum absolute atomic E-state index is 12.0. The number of unbranched alkanes of at least 4 members (excludes halogenated alkanes) is 5. The summed E-state index contributed by atoms with van der Waals surface area (Å²) in [6.07, 6.45) is 8.78. The molecule has 0 aromatic carbocycles. The van der Waals surface area contributed by atoms with Gasteiger partial charge in [-0.25, -0.2) is 4.79 Å². The first-order valence-electron chi connectivity index (χ1n) is 8.88. The highest BCUT2D eigenvalue weighted by atomic mass is 16.5. The Morgan fingerprint density at radius 3 is 2.32 bits per heavy atom. The van der Waals surface area contributed by atoms with Crippen molar-refractivity contribution in [1.82, 2.24) is 10.2 Å². The summed E-state index contributed by atoms with van der Waals surface area (Å²) in [4.78, 5) is 25.5. The second kappa shape index (κ2) is 11.3. The van der Waals surface area contributed by atoms with E-state index in [4.69, 9.17) is 4.74 Å². The Balaban J connectivity index is 2.08. The highest BCUT2D eigenvalue weighted by Gasteiger charge is 2.27. The molecule has 1 rings (SSSR count). The maximum Gasteiger partial charge on any atom is 0.317 e. The predicted octanol–water partition coefficient (Wildman–Crippen LogP) is 3.33. The number of hydrogen-bond donors (Lipinski definition) is 1. The number of esters is 1. The van der Waals surface area contributed by atoms with Crippen LogP contribution in [0.5, 0.6) is 0 Å². The fraction of sp³-hybridized carbons (Fsp3) is 0.882. The molecule has 1 fully saturated rings. The fourth-order valence-electron chi connectivity index (χ4n) is 2.79. The Hall–Kier alpha value is -1.26. The number of hydrogen-bond acceptors (Lipinski definition) is 3. The SMILES string of the molecule is CCCCCCCCNC(=O)N1CCC(C(=O)OCC)CC1. The minimum atomic E-state index is -0.116.